The molecule has 4 rings (SSSR count). The van der Waals surface area contributed by atoms with Gasteiger partial charge in [-0.2, -0.15) is 0 Å². The summed E-state index contributed by atoms with van der Waals surface area (Å²) in [5, 5.41) is 30.9. The molecule has 0 bridgehead atoms. The van der Waals surface area contributed by atoms with Crippen LogP contribution in [0.25, 0.3) is 0 Å². The molecular formula is C39H48N4O6S. The van der Waals surface area contributed by atoms with Crippen LogP contribution >= 0.6 is 0 Å². The Morgan fingerprint density at radius 3 is 2.02 bits per heavy atom. The third-order valence-corrected chi connectivity index (χ3v) is 9.76. The third-order valence-electron chi connectivity index (χ3n) is 8.45. The lowest BCUT2D eigenvalue weighted by molar-refractivity contribution is 0.0830. The van der Waals surface area contributed by atoms with Crippen molar-refractivity contribution in [2.45, 2.75) is 71.2 Å². The van der Waals surface area contributed by atoms with Crippen LogP contribution in [0.2, 0.25) is 0 Å². The molecule has 6 N–H and O–H groups in total. The molecule has 0 aliphatic carbocycles. The summed E-state index contributed by atoms with van der Waals surface area (Å²) in [5.74, 6) is -1.14. The van der Waals surface area contributed by atoms with Gasteiger partial charge in [0.05, 0.1) is 29.6 Å². The van der Waals surface area contributed by atoms with Crippen molar-refractivity contribution in [3.05, 3.63) is 130 Å². The van der Waals surface area contributed by atoms with E-state index >= 15 is 0 Å². The molecule has 0 aromatic heterocycles. The minimum absolute atomic E-state index is 0.0426. The Balaban J connectivity index is 1.57. The maximum atomic E-state index is 13.8. The molecule has 3 atom stereocenters. The van der Waals surface area contributed by atoms with Gasteiger partial charge in [-0.25, -0.2) is 8.42 Å². The van der Waals surface area contributed by atoms with Gasteiger partial charge in [0.1, 0.15) is 5.75 Å². The number of hydrogen-bond acceptors (Lipinski definition) is 7. The highest BCUT2D eigenvalue weighted by molar-refractivity contribution is 7.92. The normalized spacial score (nSPS) is 13.6. The Morgan fingerprint density at radius 2 is 1.42 bits per heavy atom. The van der Waals surface area contributed by atoms with E-state index in [2.05, 4.69) is 41.4 Å². The first-order valence-corrected chi connectivity index (χ1v) is 18.4. The summed E-state index contributed by atoms with van der Waals surface area (Å²) in [6.45, 7) is 9.97. The zero-order valence-electron chi connectivity index (χ0n) is 29.2. The minimum atomic E-state index is -3.73. The van der Waals surface area contributed by atoms with E-state index in [1.807, 2.05) is 79.7 Å². The molecule has 4 aromatic rings. The molecule has 0 heterocycles. The molecule has 266 valence electrons. The second kappa shape index (κ2) is 16.8. The number of aliphatic hydroxyl groups excluding tert-OH is 1. The van der Waals surface area contributed by atoms with E-state index in [1.165, 1.54) is 25.1 Å². The summed E-state index contributed by atoms with van der Waals surface area (Å²) < 4.78 is 27.4. The molecule has 4 aromatic carbocycles. The van der Waals surface area contributed by atoms with Crippen LogP contribution in [0.5, 0.6) is 5.75 Å². The lowest BCUT2D eigenvalue weighted by Gasteiger charge is -2.25. The predicted octanol–water partition coefficient (Wildman–Crippen LogP) is 5.43. The van der Waals surface area contributed by atoms with Crippen molar-refractivity contribution in [1.29, 1.82) is 0 Å². The summed E-state index contributed by atoms with van der Waals surface area (Å²) in [6.07, 6.45) is -0.757. The Kier molecular flexibility index (Phi) is 12.8. The topological polar surface area (TPSA) is 157 Å². The summed E-state index contributed by atoms with van der Waals surface area (Å²) in [6, 6.07) is 27.3. The standard InChI is InChI=1S/C39H48N4O6S/c1-6-50(48,49)43-33-22-29(37(46)41-26(2)28-15-11-8-12-16-28)20-30(23-33)38(47)42-34(19-27-13-9-7-10-14-27)36(45)25-40-24-31-21-32(39(3,4)5)17-18-35(31)44/h7-18,20-23,26,34,36,40,43-45H,6,19,24-25H2,1-5H3,(H,41,46)(H,42,47)/t26-,34+,36-/m1/s1. The molecule has 0 aliphatic rings. The number of carbonyl (C=O) groups excluding carboxylic acids is 2. The molecule has 0 fully saturated rings. The highest BCUT2D eigenvalue weighted by Crippen LogP contribution is 2.27. The maximum absolute atomic E-state index is 13.8. The average Bonchev–Trinajstić information content (AvgIpc) is 3.08. The summed E-state index contributed by atoms with van der Waals surface area (Å²) in [5.41, 5.74) is 3.60. The number of anilines is 1. The van der Waals surface area contributed by atoms with Gasteiger partial charge >= 0.3 is 0 Å². The number of aromatic hydroxyl groups is 1. The number of benzene rings is 4. The molecule has 0 saturated carbocycles. The van der Waals surface area contributed by atoms with Crippen LogP contribution in [0.4, 0.5) is 5.69 Å². The van der Waals surface area contributed by atoms with Crippen LogP contribution in [-0.2, 0) is 28.4 Å². The van der Waals surface area contributed by atoms with Gasteiger partial charge < -0.3 is 26.2 Å². The van der Waals surface area contributed by atoms with E-state index in [-0.39, 0.29) is 52.9 Å². The largest absolute Gasteiger partial charge is 0.508 e. The van der Waals surface area contributed by atoms with Gasteiger partial charge in [-0.1, -0.05) is 93.6 Å². The smallest absolute Gasteiger partial charge is 0.251 e. The number of sulfonamides is 1. The van der Waals surface area contributed by atoms with Crippen molar-refractivity contribution in [3.63, 3.8) is 0 Å². The maximum Gasteiger partial charge on any atom is 0.251 e. The molecule has 0 saturated heterocycles. The van der Waals surface area contributed by atoms with Crippen molar-refractivity contribution in [2.75, 3.05) is 17.0 Å². The van der Waals surface area contributed by atoms with Gasteiger partial charge in [0.2, 0.25) is 10.0 Å². The third kappa shape index (κ3) is 10.9. The first kappa shape index (κ1) is 38.1. The van der Waals surface area contributed by atoms with E-state index in [4.69, 9.17) is 0 Å². The lowest BCUT2D eigenvalue weighted by Crippen LogP contribution is -2.48. The van der Waals surface area contributed by atoms with Gasteiger partial charge in [-0.15, -0.1) is 0 Å². The fourth-order valence-corrected chi connectivity index (χ4v) is 6.02. The number of carbonyl (C=O) groups is 2. The van der Waals surface area contributed by atoms with E-state index in [9.17, 15) is 28.2 Å². The highest BCUT2D eigenvalue weighted by Gasteiger charge is 2.25. The molecule has 2 amide bonds. The first-order valence-electron chi connectivity index (χ1n) is 16.7. The number of nitrogens with one attached hydrogen (secondary N) is 4. The number of rotatable bonds is 15. The van der Waals surface area contributed by atoms with Crippen molar-refractivity contribution >= 4 is 27.5 Å². The van der Waals surface area contributed by atoms with Crippen LogP contribution in [0.1, 0.15) is 83.6 Å². The fraction of sp³-hybridized carbons (Fsp3) is 0.333. The summed E-state index contributed by atoms with van der Waals surface area (Å²) >= 11 is 0. The van der Waals surface area contributed by atoms with Crippen LogP contribution in [-0.4, -0.2) is 54.9 Å². The molecule has 0 unspecified atom stereocenters. The molecule has 11 heteroatoms. The second-order valence-corrected chi connectivity index (χ2v) is 15.5. The predicted molar refractivity (Wildman–Crippen MR) is 198 cm³/mol. The zero-order chi connectivity index (χ0) is 36.5. The van der Waals surface area contributed by atoms with Crippen molar-refractivity contribution < 1.29 is 28.2 Å². The average molecular weight is 701 g/mol. The van der Waals surface area contributed by atoms with Gasteiger partial charge in [0.15, 0.2) is 0 Å². The molecule has 0 radical (unpaired) electrons. The minimum Gasteiger partial charge on any atom is -0.508 e. The van der Waals surface area contributed by atoms with Crippen molar-refractivity contribution in [3.8, 4) is 5.75 Å². The number of hydrogen-bond donors (Lipinski definition) is 6. The summed E-state index contributed by atoms with van der Waals surface area (Å²) in [4.78, 5) is 27.3. The van der Waals surface area contributed by atoms with Crippen LogP contribution in [0, 0.1) is 0 Å². The van der Waals surface area contributed by atoms with Gasteiger partial charge in [-0.3, -0.25) is 14.3 Å². The number of phenolic OH excluding ortho intramolecular Hbond substituents is 1. The van der Waals surface area contributed by atoms with E-state index in [1.54, 1.807) is 6.07 Å². The molecular weight excluding hydrogens is 653 g/mol. The Hall–Kier alpha value is -4.71. The Bertz CT molecular complexity index is 1860. The van der Waals surface area contributed by atoms with Crippen LogP contribution < -0.4 is 20.7 Å². The summed E-state index contributed by atoms with van der Waals surface area (Å²) in [7, 11) is -3.73. The quantitative estimate of drug-likeness (QED) is 0.0966. The van der Waals surface area contributed by atoms with Gasteiger partial charge in [0.25, 0.3) is 11.8 Å². The highest BCUT2D eigenvalue weighted by atomic mass is 32.2. The van der Waals surface area contributed by atoms with Crippen LogP contribution in [0.15, 0.2) is 97.1 Å². The zero-order valence-corrected chi connectivity index (χ0v) is 30.1. The van der Waals surface area contributed by atoms with Gasteiger partial charge in [-0.05, 0) is 66.6 Å². The monoisotopic (exact) mass is 700 g/mol. The Morgan fingerprint density at radius 1 is 0.820 bits per heavy atom. The van der Waals surface area contributed by atoms with Crippen molar-refractivity contribution in [1.82, 2.24) is 16.0 Å². The molecule has 0 aliphatic heterocycles. The van der Waals surface area contributed by atoms with E-state index in [0.29, 0.717) is 12.0 Å². The number of amides is 2. The van der Waals surface area contributed by atoms with Gasteiger partial charge in [0, 0.05) is 29.8 Å². The first-order chi connectivity index (χ1) is 23.6. The second-order valence-electron chi connectivity index (χ2n) is 13.5. The van der Waals surface area contributed by atoms with Crippen molar-refractivity contribution in [2.24, 2.45) is 0 Å². The van der Waals surface area contributed by atoms with E-state index in [0.717, 1.165) is 16.7 Å². The number of aliphatic hydroxyl groups is 1. The van der Waals surface area contributed by atoms with Crippen LogP contribution in [0.3, 0.4) is 0 Å². The molecule has 10 nitrogen and oxygen atoms in total. The SMILES string of the molecule is CCS(=O)(=O)Nc1cc(C(=O)N[C@@H](Cc2ccccc2)[C@H](O)CNCc2cc(C(C)(C)C)ccc2O)cc(C(=O)N[C@H](C)c2ccccc2)c1. The van der Waals surface area contributed by atoms with E-state index < -0.39 is 34.0 Å². The number of phenols is 1. The molecule has 50 heavy (non-hydrogen) atoms. The Labute approximate surface area is 295 Å². The fourth-order valence-electron chi connectivity index (χ4n) is 5.40. The lowest BCUT2D eigenvalue weighted by atomic mass is 9.86. The molecule has 0 spiro atoms.